The van der Waals surface area contributed by atoms with Crippen molar-refractivity contribution in [2.24, 2.45) is 0 Å². The molecule has 1 N–H and O–H groups in total. The van der Waals surface area contributed by atoms with Gasteiger partial charge >= 0.3 is 0 Å². The summed E-state index contributed by atoms with van der Waals surface area (Å²) in [6.07, 6.45) is 0. The first kappa shape index (κ1) is 20.8. The fourth-order valence-electron chi connectivity index (χ4n) is 3.10. The molecule has 3 aromatic carbocycles. The number of amides is 1. The lowest BCUT2D eigenvalue weighted by Gasteiger charge is -2.09. The fourth-order valence-corrected chi connectivity index (χ4v) is 4.05. The molecule has 1 heterocycles. The zero-order chi connectivity index (χ0) is 21.8. The Morgan fingerprint density at radius 2 is 1.74 bits per heavy atom. The van der Waals surface area contributed by atoms with Gasteiger partial charge in [0, 0.05) is 22.7 Å². The van der Waals surface area contributed by atoms with Crippen LogP contribution in [0.25, 0.3) is 5.69 Å². The Hall–Kier alpha value is -3.45. The highest BCUT2D eigenvalue weighted by Gasteiger charge is 2.12. The van der Waals surface area contributed by atoms with Gasteiger partial charge in [0.05, 0.1) is 0 Å². The summed E-state index contributed by atoms with van der Waals surface area (Å²) in [4.78, 5) is 12.4. The number of carbonyl (C=O) groups is 1. The second-order valence-corrected chi connectivity index (χ2v) is 8.09. The van der Waals surface area contributed by atoms with Crippen molar-refractivity contribution in [2.45, 2.75) is 24.8 Å². The molecule has 5 nitrogen and oxygen atoms in total. The molecule has 0 aliphatic heterocycles. The van der Waals surface area contributed by atoms with Crippen LogP contribution in [0.15, 0.2) is 78.0 Å². The van der Waals surface area contributed by atoms with Crippen LogP contribution in [-0.4, -0.2) is 20.7 Å². The monoisotopic (exact) mass is 432 g/mol. The minimum atomic E-state index is -0.390. The third-order valence-corrected chi connectivity index (χ3v) is 5.75. The third-order valence-electron chi connectivity index (χ3n) is 4.75. The largest absolute Gasteiger partial charge is 0.322 e. The van der Waals surface area contributed by atoms with Gasteiger partial charge in [-0.3, -0.25) is 9.36 Å². The molecule has 4 rings (SSSR count). The molecule has 0 spiro atoms. The molecule has 0 unspecified atom stereocenters. The highest BCUT2D eigenvalue weighted by Crippen LogP contribution is 2.25. The molecule has 1 aromatic heterocycles. The summed E-state index contributed by atoms with van der Waals surface area (Å²) in [5.74, 6) is 0.852. The molecular formula is C24H21FN4OS. The van der Waals surface area contributed by atoms with Crippen molar-refractivity contribution < 1.29 is 9.18 Å². The van der Waals surface area contributed by atoms with Crippen molar-refractivity contribution in [1.82, 2.24) is 14.8 Å². The van der Waals surface area contributed by atoms with E-state index >= 15 is 0 Å². The summed E-state index contributed by atoms with van der Waals surface area (Å²) >= 11 is 1.59. The van der Waals surface area contributed by atoms with E-state index in [-0.39, 0.29) is 11.7 Å². The molecule has 0 atom stereocenters. The van der Waals surface area contributed by atoms with Crippen LogP contribution < -0.4 is 5.32 Å². The van der Waals surface area contributed by atoms with Crippen molar-refractivity contribution in [3.63, 3.8) is 0 Å². The van der Waals surface area contributed by atoms with Gasteiger partial charge in [0.1, 0.15) is 11.6 Å². The molecule has 0 bridgehead atoms. The van der Waals surface area contributed by atoms with Gasteiger partial charge in [-0.15, -0.1) is 10.2 Å². The molecule has 1 amide bonds. The zero-order valence-electron chi connectivity index (χ0n) is 17.2. The van der Waals surface area contributed by atoms with E-state index in [4.69, 9.17) is 0 Å². The van der Waals surface area contributed by atoms with Crippen LogP contribution in [0.4, 0.5) is 10.1 Å². The Balaban J connectivity index is 1.42. The van der Waals surface area contributed by atoms with Crippen LogP contribution in [0.5, 0.6) is 0 Å². The summed E-state index contributed by atoms with van der Waals surface area (Å²) < 4.78 is 15.3. The predicted octanol–water partition coefficient (Wildman–Crippen LogP) is 5.57. The van der Waals surface area contributed by atoms with Crippen LogP contribution >= 0.6 is 11.8 Å². The molecule has 7 heteroatoms. The van der Waals surface area contributed by atoms with E-state index in [0.717, 1.165) is 22.2 Å². The highest BCUT2D eigenvalue weighted by atomic mass is 32.2. The first-order chi connectivity index (χ1) is 15.0. The maximum absolute atomic E-state index is 13.3. The van der Waals surface area contributed by atoms with E-state index in [9.17, 15) is 9.18 Å². The number of carbonyl (C=O) groups excluding carboxylic acids is 1. The maximum atomic E-state index is 13.3. The quantitative estimate of drug-likeness (QED) is 0.405. The highest BCUT2D eigenvalue weighted by molar-refractivity contribution is 7.98. The number of aryl methyl sites for hydroxylation is 2. The Bertz CT molecular complexity index is 1200. The number of benzene rings is 3. The Morgan fingerprint density at radius 3 is 2.45 bits per heavy atom. The topological polar surface area (TPSA) is 59.8 Å². The Labute approximate surface area is 184 Å². The van der Waals surface area contributed by atoms with Gasteiger partial charge in [-0.2, -0.15) is 0 Å². The summed E-state index contributed by atoms with van der Waals surface area (Å²) in [7, 11) is 0. The summed E-state index contributed by atoms with van der Waals surface area (Å²) in [5.41, 5.74) is 4.22. The van der Waals surface area contributed by atoms with Crippen molar-refractivity contribution >= 4 is 23.4 Å². The zero-order valence-corrected chi connectivity index (χ0v) is 18.0. The van der Waals surface area contributed by atoms with E-state index in [1.807, 2.05) is 23.6 Å². The number of nitrogens with zero attached hydrogens (tertiary/aromatic N) is 3. The normalized spacial score (nSPS) is 10.8. The number of thioether (sulfide) groups is 1. The van der Waals surface area contributed by atoms with Gasteiger partial charge in [0.25, 0.3) is 5.91 Å². The molecule has 31 heavy (non-hydrogen) atoms. The molecule has 0 aliphatic rings. The number of halogens is 1. The average Bonchev–Trinajstić information content (AvgIpc) is 3.13. The second-order valence-electron chi connectivity index (χ2n) is 7.15. The smallest absolute Gasteiger partial charge is 0.255 e. The number of aromatic nitrogens is 3. The molecule has 0 saturated heterocycles. The van der Waals surface area contributed by atoms with E-state index in [0.29, 0.717) is 17.0 Å². The Morgan fingerprint density at radius 1 is 1.00 bits per heavy atom. The molecule has 0 radical (unpaired) electrons. The van der Waals surface area contributed by atoms with Gasteiger partial charge in [0.15, 0.2) is 5.16 Å². The minimum Gasteiger partial charge on any atom is -0.322 e. The van der Waals surface area contributed by atoms with Gasteiger partial charge < -0.3 is 5.32 Å². The molecular weight excluding hydrogens is 411 g/mol. The average molecular weight is 433 g/mol. The van der Waals surface area contributed by atoms with E-state index in [2.05, 4.69) is 46.7 Å². The van der Waals surface area contributed by atoms with Gasteiger partial charge in [0.2, 0.25) is 0 Å². The third kappa shape index (κ3) is 5.00. The standard InChI is InChI=1S/C24H21FN4OS/c1-16-6-12-22(13-7-16)29-17(2)27-28-24(29)31-15-18-8-10-19(11-9-18)23(30)26-21-5-3-4-20(25)14-21/h3-14H,15H2,1-2H3,(H,26,30). The lowest BCUT2D eigenvalue weighted by atomic mass is 10.1. The van der Waals surface area contributed by atoms with Crippen molar-refractivity contribution in [1.29, 1.82) is 0 Å². The first-order valence-electron chi connectivity index (χ1n) is 9.77. The number of hydrogen-bond acceptors (Lipinski definition) is 4. The number of nitrogens with one attached hydrogen (secondary N) is 1. The molecule has 0 saturated carbocycles. The lowest BCUT2D eigenvalue weighted by Crippen LogP contribution is -2.11. The summed E-state index contributed by atoms with van der Waals surface area (Å²) in [5, 5.41) is 12.1. The SMILES string of the molecule is Cc1ccc(-n2c(C)nnc2SCc2ccc(C(=O)Nc3cccc(F)c3)cc2)cc1. The van der Waals surface area contributed by atoms with Crippen LogP contribution in [0.2, 0.25) is 0 Å². The van der Waals surface area contributed by atoms with Crippen molar-refractivity contribution in [2.75, 3.05) is 5.32 Å². The lowest BCUT2D eigenvalue weighted by molar-refractivity contribution is 0.102. The first-order valence-corrected chi connectivity index (χ1v) is 10.8. The van der Waals surface area contributed by atoms with Crippen molar-refractivity contribution in [3.8, 4) is 5.69 Å². The van der Waals surface area contributed by atoms with Crippen LogP contribution in [0.3, 0.4) is 0 Å². The number of rotatable bonds is 6. The maximum Gasteiger partial charge on any atom is 0.255 e. The molecule has 0 aliphatic carbocycles. The van der Waals surface area contributed by atoms with E-state index in [1.54, 1.807) is 36.0 Å². The van der Waals surface area contributed by atoms with E-state index in [1.165, 1.54) is 17.7 Å². The van der Waals surface area contributed by atoms with Crippen LogP contribution in [0.1, 0.15) is 27.3 Å². The minimum absolute atomic E-state index is 0.278. The van der Waals surface area contributed by atoms with E-state index < -0.39 is 0 Å². The number of hydrogen-bond donors (Lipinski definition) is 1. The summed E-state index contributed by atoms with van der Waals surface area (Å²) in [6.45, 7) is 3.99. The van der Waals surface area contributed by atoms with Gasteiger partial charge in [-0.1, -0.05) is 47.7 Å². The van der Waals surface area contributed by atoms with Crippen LogP contribution in [0, 0.1) is 19.7 Å². The van der Waals surface area contributed by atoms with Crippen LogP contribution in [-0.2, 0) is 5.75 Å². The fraction of sp³-hybridized carbons (Fsp3) is 0.125. The molecule has 4 aromatic rings. The summed E-state index contributed by atoms with van der Waals surface area (Å²) in [6, 6.07) is 21.4. The van der Waals surface area contributed by atoms with Crippen molar-refractivity contribution in [3.05, 3.63) is 101 Å². The second kappa shape index (κ2) is 9.14. The van der Waals surface area contributed by atoms with Gasteiger partial charge in [-0.25, -0.2) is 4.39 Å². The van der Waals surface area contributed by atoms with Gasteiger partial charge in [-0.05, 0) is 61.9 Å². The predicted molar refractivity (Wildman–Crippen MR) is 121 cm³/mol. The number of anilines is 1. The molecule has 0 fully saturated rings. The molecule has 156 valence electrons. The Kier molecular flexibility index (Phi) is 6.13.